The summed E-state index contributed by atoms with van der Waals surface area (Å²) in [6.45, 7) is 2.95. The molecule has 2 nitrogen and oxygen atoms in total. The molecule has 0 aliphatic heterocycles. The Morgan fingerprint density at radius 1 is 0.846 bits per heavy atom. The molecule has 3 aromatic carbocycles. The van der Waals surface area contributed by atoms with Crippen LogP contribution in [0, 0.1) is 6.92 Å². The monoisotopic (exact) mass is 405 g/mol. The van der Waals surface area contributed by atoms with Gasteiger partial charge in [0.15, 0.2) is 0 Å². The summed E-state index contributed by atoms with van der Waals surface area (Å²) in [5.41, 5.74) is 3.89. The molecule has 0 spiro atoms. The molecule has 0 aromatic heterocycles. The first-order valence-electron chi connectivity index (χ1n) is 8.18. The molecule has 0 radical (unpaired) electrons. The standard InChI is InChI=1S/C21H18Cl3NO/c1-14-18(23)7-4-8-20(14)25-12-16-11-17(22)9-10-21(16)26-13-15-5-2-3-6-19(15)24/h2-11,25H,12-13H2,1H3. The minimum Gasteiger partial charge on any atom is -0.488 e. The maximum Gasteiger partial charge on any atom is 0.124 e. The van der Waals surface area contributed by atoms with Crippen LogP contribution < -0.4 is 10.1 Å². The third-order valence-electron chi connectivity index (χ3n) is 4.10. The molecule has 26 heavy (non-hydrogen) atoms. The van der Waals surface area contributed by atoms with E-state index in [1.54, 1.807) is 0 Å². The van der Waals surface area contributed by atoms with Gasteiger partial charge < -0.3 is 10.1 Å². The van der Waals surface area contributed by atoms with E-state index in [0.717, 1.165) is 33.1 Å². The number of halogens is 3. The van der Waals surface area contributed by atoms with Gasteiger partial charge in [-0.3, -0.25) is 0 Å². The summed E-state index contributed by atoms with van der Waals surface area (Å²) in [4.78, 5) is 0. The van der Waals surface area contributed by atoms with Gasteiger partial charge in [-0.15, -0.1) is 0 Å². The van der Waals surface area contributed by atoms with Gasteiger partial charge in [0.1, 0.15) is 12.4 Å². The molecule has 0 atom stereocenters. The zero-order chi connectivity index (χ0) is 18.5. The zero-order valence-electron chi connectivity index (χ0n) is 14.2. The Bertz CT molecular complexity index is 912. The number of hydrogen-bond donors (Lipinski definition) is 1. The Morgan fingerprint density at radius 2 is 1.62 bits per heavy atom. The van der Waals surface area contributed by atoms with Crippen molar-refractivity contribution in [3.63, 3.8) is 0 Å². The molecule has 0 saturated carbocycles. The third-order valence-corrected chi connectivity index (χ3v) is 5.11. The lowest BCUT2D eigenvalue weighted by molar-refractivity contribution is 0.303. The predicted octanol–water partition coefficient (Wildman–Crippen LogP) is 7.15. The van der Waals surface area contributed by atoms with Crippen LogP contribution in [0.15, 0.2) is 60.7 Å². The Morgan fingerprint density at radius 3 is 2.42 bits per heavy atom. The van der Waals surface area contributed by atoms with Gasteiger partial charge in [-0.05, 0) is 48.9 Å². The molecule has 0 heterocycles. The summed E-state index contributed by atoms with van der Waals surface area (Å²) in [6, 6.07) is 19.0. The van der Waals surface area contributed by atoms with Gasteiger partial charge in [0, 0.05) is 38.4 Å². The van der Waals surface area contributed by atoms with Crippen molar-refractivity contribution in [2.75, 3.05) is 5.32 Å². The number of rotatable bonds is 6. The third kappa shape index (κ3) is 4.64. The highest BCUT2D eigenvalue weighted by Gasteiger charge is 2.08. The van der Waals surface area contributed by atoms with E-state index >= 15 is 0 Å². The van der Waals surface area contributed by atoms with Crippen LogP contribution in [-0.2, 0) is 13.2 Å². The van der Waals surface area contributed by atoms with Crippen LogP contribution in [0.5, 0.6) is 5.75 Å². The molecule has 0 aliphatic carbocycles. The van der Waals surface area contributed by atoms with E-state index in [4.69, 9.17) is 39.5 Å². The highest BCUT2D eigenvalue weighted by atomic mass is 35.5. The maximum atomic E-state index is 6.20. The first kappa shape index (κ1) is 18.9. The van der Waals surface area contributed by atoms with E-state index in [1.807, 2.05) is 67.6 Å². The lowest BCUT2D eigenvalue weighted by Crippen LogP contribution is -2.05. The summed E-state index contributed by atoms with van der Waals surface area (Å²) in [5.74, 6) is 0.765. The second-order valence-corrected chi connectivity index (χ2v) is 7.15. The lowest BCUT2D eigenvalue weighted by atomic mass is 10.1. The fraction of sp³-hybridized carbons (Fsp3) is 0.143. The van der Waals surface area contributed by atoms with Crippen molar-refractivity contribution in [3.8, 4) is 5.75 Å². The van der Waals surface area contributed by atoms with Gasteiger partial charge in [0.25, 0.3) is 0 Å². The molecule has 0 aliphatic rings. The van der Waals surface area contributed by atoms with E-state index in [9.17, 15) is 0 Å². The molecule has 3 rings (SSSR count). The zero-order valence-corrected chi connectivity index (χ0v) is 16.5. The average molecular weight is 407 g/mol. The van der Waals surface area contributed by atoms with E-state index in [-0.39, 0.29) is 0 Å². The number of ether oxygens (including phenoxy) is 1. The SMILES string of the molecule is Cc1c(Cl)cccc1NCc1cc(Cl)ccc1OCc1ccccc1Cl. The van der Waals surface area contributed by atoms with Crippen molar-refractivity contribution in [2.45, 2.75) is 20.1 Å². The van der Waals surface area contributed by atoms with Crippen molar-refractivity contribution in [2.24, 2.45) is 0 Å². The Balaban J connectivity index is 1.75. The van der Waals surface area contributed by atoms with Crippen molar-refractivity contribution in [1.29, 1.82) is 0 Å². The van der Waals surface area contributed by atoms with Gasteiger partial charge in [-0.25, -0.2) is 0 Å². The van der Waals surface area contributed by atoms with Crippen LogP contribution >= 0.6 is 34.8 Å². The van der Waals surface area contributed by atoms with Crippen LogP contribution in [0.25, 0.3) is 0 Å². The molecule has 0 bridgehead atoms. The van der Waals surface area contributed by atoms with Gasteiger partial charge in [-0.1, -0.05) is 59.1 Å². The fourth-order valence-corrected chi connectivity index (χ4v) is 3.15. The fourth-order valence-electron chi connectivity index (χ4n) is 2.59. The lowest BCUT2D eigenvalue weighted by Gasteiger charge is -2.15. The summed E-state index contributed by atoms with van der Waals surface area (Å²) >= 11 is 18.6. The molecular formula is C21H18Cl3NO. The van der Waals surface area contributed by atoms with Crippen molar-refractivity contribution in [1.82, 2.24) is 0 Å². The quantitative estimate of drug-likeness (QED) is 0.469. The minimum atomic E-state index is 0.393. The van der Waals surface area contributed by atoms with E-state index in [1.165, 1.54) is 0 Å². The number of nitrogens with one attached hydrogen (secondary N) is 1. The van der Waals surface area contributed by atoms with Crippen LogP contribution in [0.1, 0.15) is 16.7 Å². The predicted molar refractivity (Wildman–Crippen MR) is 111 cm³/mol. The molecule has 0 saturated heterocycles. The largest absolute Gasteiger partial charge is 0.488 e. The average Bonchev–Trinajstić information content (AvgIpc) is 2.63. The summed E-state index contributed by atoms with van der Waals surface area (Å²) in [7, 11) is 0. The number of benzene rings is 3. The molecule has 0 unspecified atom stereocenters. The maximum absolute atomic E-state index is 6.20. The highest BCUT2D eigenvalue weighted by Crippen LogP contribution is 2.28. The molecule has 1 N–H and O–H groups in total. The molecule has 5 heteroatoms. The smallest absolute Gasteiger partial charge is 0.124 e. The molecule has 134 valence electrons. The topological polar surface area (TPSA) is 21.3 Å². The van der Waals surface area contributed by atoms with Gasteiger partial charge >= 0.3 is 0 Å². The second-order valence-electron chi connectivity index (χ2n) is 5.90. The number of anilines is 1. The summed E-state index contributed by atoms with van der Waals surface area (Å²) in [5, 5.41) is 5.48. The molecule has 0 amide bonds. The number of hydrogen-bond acceptors (Lipinski definition) is 2. The molecule has 3 aromatic rings. The summed E-state index contributed by atoms with van der Waals surface area (Å²) < 4.78 is 5.99. The highest BCUT2D eigenvalue weighted by molar-refractivity contribution is 6.32. The van der Waals surface area contributed by atoms with Crippen molar-refractivity contribution >= 4 is 40.5 Å². The van der Waals surface area contributed by atoms with Crippen molar-refractivity contribution < 1.29 is 4.74 Å². The van der Waals surface area contributed by atoms with Gasteiger partial charge in [0.2, 0.25) is 0 Å². The Labute approximate surface area is 168 Å². The Hall–Kier alpha value is -1.87. The minimum absolute atomic E-state index is 0.393. The summed E-state index contributed by atoms with van der Waals surface area (Å²) in [6.07, 6.45) is 0. The van der Waals surface area contributed by atoms with E-state index < -0.39 is 0 Å². The van der Waals surface area contributed by atoms with Gasteiger partial charge in [-0.2, -0.15) is 0 Å². The van der Waals surface area contributed by atoms with Crippen LogP contribution in [-0.4, -0.2) is 0 Å². The Kier molecular flexibility index (Phi) is 6.31. The van der Waals surface area contributed by atoms with Crippen LogP contribution in [0.2, 0.25) is 15.1 Å². The molecule has 0 fully saturated rings. The normalized spacial score (nSPS) is 10.6. The first-order chi connectivity index (χ1) is 12.5. The van der Waals surface area contributed by atoms with E-state index in [0.29, 0.717) is 23.2 Å². The van der Waals surface area contributed by atoms with Crippen molar-refractivity contribution in [3.05, 3.63) is 92.4 Å². The second kappa shape index (κ2) is 8.68. The van der Waals surface area contributed by atoms with Crippen LogP contribution in [0.3, 0.4) is 0 Å². The van der Waals surface area contributed by atoms with E-state index in [2.05, 4.69) is 5.32 Å². The van der Waals surface area contributed by atoms with Gasteiger partial charge in [0.05, 0.1) is 0 Å². The van der Waals surface area contributed by atoms with Crippen LogP contribution in [0.4, 0.5) is 5.69 Å². The first-order valence-corrected chi connectivity index (χ1v) is 9.31. The molecular weight excluding hydrogens is 389 g/mol.